The number of thioether (sulfide) groups is 1. The summed E-state index contributed by atoms with van der Waals surface area (Å²) in [5.41, 5.74) is 0. The highest BCUT2D eigenvalue weighted by Crippen LogP contribution is 2.21. The van der Waals surface area contributed by atoms with Crippen molar-refractivity contribution < 1.29 is 0 Å². The van der Waals surface area contributed by atoms with E-state index in [1.807, 2.05) is 11.8 Å². The lowest BCUT2D eigenvalue weighted by Gasteiger charge is -2.14. The number of aryl methyl sites for hydroxylation is 1. The van der Waals surface area contributed by atoms with Gasteiger partial charge in [-0.2, -0.15) is 0 Å². The van der Waals surface area contributed by atoms with Gasteiger partial charge in [0.25, 0.3) is 0 Å². The van der Waals surface area contributed by atoms with Gasteiger partial charge in [-0.15, -0.1) is 10.2 Å². The Bertz CT molecular complexity index is 416. The van der Waals surface area contributed by atoms with E-state index in [1.54, 1.807) is 0 Å². The molecule has 1 aromatic rings. The van der Waals surface area contributed by atoms with Gasteiger partial charge in [0.15, 0.2) is 5.16 Å². The average Bonchev–Trinajstić information content (AvgIpc) is 2.69. The van der Waals surface area contributed by atoms with Crippen LogP contribution in [0.1, 0.15) is 58.7 Å². The Balaban J connectivity index is 1.68. The van der Waals surface area contributed by atoms with Crippen molar-refractivity contribution >= 4 is 11.8 Å². The quantitative estimate of drug-likeness (QED) is 0.589. The molecule has 2 heterocycles. The van der Waals surface area contributed by atoms with Crippen LogP contribution in [0.4, 0.5) is 0 Å². The molecule has 0 amide bonds. The second-order valence-corrected chi connectivity index (χ2v) is 7.60. The highest BCUT2D eigenvalue weighted by atomic mass is 32.2. The molecule has 0 saturated heterocycles. The molecule has 5 heteroatoms. The summed E-state index contributed by atoms with van der Waals surface area (Å²) in [5.74, 6) is 3.06. The second kappa shape index (κ2) is 8.79. The number of nitrogens with zero attached hydrogens (tertiary/aromatic N) is 3. The molecule has 1 N–H and O–H groups in total. The van der Waals surface area contributed by atoms with E-state index in [0.717, 1.165) is 36.3 Å². The Labute approximate surface area is 133 Å². The van der Waals surface area contributed by atoms with Crippen LogP contribution in [0.2, 0.25) is 0 Å². The first-order valence-corrected chi connectivity index (χ1v) is 9.43. The van der Waals surface area contributed by atoms with Crippen molar-refractivity contribution in [3.8, 4) is 0 Å². The predicted molar refractivity (Wildman–Crippen MR) is 89.8 cm³/mol. The zero-order valence-electron chi connectivity index (χ0n) is 13.8. The minimum atomic E-state index is 0.614. The number of hydrogen-bond donors (Lipinski definition) is 1. The summed E-state index contributed by atoms with van der Waals surface area (Å²) in [7, 11) is 0. The van der Waals surface area contributed by atoms with Gasteiger partial charge in [0.05, 0.1) is 0 Å². The molecule has 4 nitrogen and oxygen atoms in total. The second-order valence-electron chi connectivity index (χ2n) is 6.54. The van der Waals surface area contributed by atoms with E-state index in [2.05, 4.69) is 40.9 Å². The molecule has 0 fully saturated rings. The summed E-state index contributed by atoms with van der Waals surface area (Å²) in [6, 6.07) is 0.614. The van der Waals surface area contributed by atoms with Gasteiger partial charge in [0.1, 0.15) is 5.82 Å². The summed E-state index contributed by atoms with van der Waals surface area (Å²) >= 11 is 1.84. The summed E-state index contributed by atoms with van der Waals surface area (Å²) in [5, 5.41) is 13.4. The summed E-state index contributed by atoms with van der Waals surface area (Å²) in [6.07, 6.45) is 7.52. The summed E-state index contributed by atoms with van der Waals surface area (Å²) in [6.45, 7) is 9.02. The van der Waals surface area contributed by atoms with Crippen molar-refractivity contribution in [2.75, 3.05) is 12.3 Å². The van der Waals surface area contributed by atoms with E-state index in [1.165, 1.54) is 37.9 Å². The van der Waals surface area contributed by atoms with Gasteiger partial charge >= 0.3 is 0 Å². The van der Waals surface area contributed by atoms with Gasteiger partial charge in [-0.1, -0.05) is 32.0 Å². The fourth-order valence-electron chi connectivity index (χ4n) is 2.70. The minimum absolute atomic E-state index is 0.614. The first-order valence-electron chi connectivity index (χ1n) is 8.45. The van der Waals surface area contributed by atoms with Crippen molar-refractivity contribution in [1.29, 1.82) is 0 Å². The molecule has 0 bridgehead atoms. The normalized spacial score (nSPS) is 16.8. The lowest BCUT2D eigenvalue weighted by molar-refractivity contribution is 0.460. The lowest BCUT2D eigenvalue weighted by atomic mass is 10.0. The molecule has 2 rings (SSSR count). The van der Waals surface area contributed by atoms with Crippen molar-refractivity contribution in [2.24, 2.45) is 5.92 Å². The molecule has 0 spiro atoms. The monoisotopic (exact) mass is 310 g/mol. The standard InChI is InChI=1S/C16H30N4S/c1-13(2)8-9-14(3)17-10-12-21-16-19-18-15-7-5-4-6-11-20(15)16/h13-14,17H,4-12H2,1-3H3. The number of rotatable bonds is 8. The molecule has 120 valence electrons. The summed E-state index contributed by atoms with van der Waals surface area (Å²) in [4.78, 5) is 0. The van der Waals surface area contributed by atoms with Gasteiger partial charge in [0.2, 0.25) is 0 Å². The predicted octanol–water partition coefficient (Wildman–Crippen LogP) is 3.51. The fourth-order valence-corrected chi connectivity index (χ4v) is 3.55. The van der Waals surface area contributed by atoms with E-state index < -0.39 is 0 Å². The molecule has 0 aromatic carbocycles. The lowest BCUT2D eigenvalue weighted by Crippen LogP contribution is -2.28. The van der Waals surface area contributed by atoms with Gasteiger partial charge in [-0.25, -0.2) is 0 Å². The molecule has 1 aliphatic rings. The molecule has 21 heavy (non-hydrogen) atoms. The van der Waals surface area contributed by atoms with Crippen molar-refractivity contribution in [3.63, 3.8) is 0 Å². The average molecular weight is 311 g/mol. The number of hydrogen-bond acceptors (Lipinski definition) is 4. The Morgan fingerprint density at radius 2 is 2.00 bits per heavy atom. The van der Waals surface area contributed by atoms with Crippen LogP contribution in [0, 0.1) is 5.92 Å². The van der Waals surface area contributed by atoms with Crippen LogP contribution in [0.15, 0.2) is 5.16 Å². The van der Waals surface area contributed by atoms with E-state index in [0.29, 0.717) is 6.04 Å². The van der Waals surface area contributed by atoms with Crippen LogP contribution in [0.3, 0.4) is 0 Å². The van der Waals surface area contributed by atoms with E-state index >= 15 is 0 Å². The third kappa shape index (κ3) is 5.62. The van der Waals surface area contributed by atoms with Crippen molar-refractivity contribution in [2.45, 2.75) is 77.0 Å². The fraction of sp³-hybridized carbons (Fsp3) is 0.875. The number of nitrogens with one attached hydrogen (secondary N) is 1. The van der Waals surface area contributed by atoms with Crippen LogP contribution in [0.5, 0.6) is 0 Å². The van der Waals surface area contributed by atoms with Crippen LogP contribution < -0.4 is 5.32 Å². The maximum Gasteiger partial charge on any atom is 0.191 e. The Kier molecular flexibility index (Phi) is 7.04. The smallest absolute Gasteiger partial charge is 0.191 e. The zero-order chi connectivity index (χ0) is 15.1. The topological polar surface area (TPSA) is 42.7 Å². The van der Waals surface area contributed by atoms with Gasteiger partial charge in [-0.05, 0) is 38.5 Å². The maximum atomic E-state index is 4.36. The molecular weight excluding hydrogens is 280 g/mol. The van der Waals surface area contributed by atoms with E-state index in [4.69, 9.17) is 0 Å². The molecule has 1 aromatic heterocycles. The third-order valence-electron chi connectivity index (χ3n) is 4.08. The van der Waals surface area contributed by atoms with Gasteiger partial charge in [-0.3, -0.25) is 0 Å². The first kappa shape index (κ1) is 16.8. The molecule has 1 atom stereocenters. The number of fused-ring (bicyclic) bond motifs is 1. The SMILES string of the molecule is CC(C)CCC(C)NCCSc1nnc2n1CCCCC2. The highest BCUT2D eigenvalue weighted by Gasteiger charge is 2.14. The Morgan fingerprint density at radius 3 is 2.81 bits per heavy atom. The zero-order valence-corrected chi connectivity index (χ0v) is 14.6. The van der Waals surface area contributed by atoms with Crippen molar-refractivity contribution in [1.82, 2.24) is 20.1 Å². The van der Waals surface area contributed by atoms with E-state index in [-0.39, 0.29) is 0 Å². The molecular formula is C16H30N4S. The molecule has 1 unspecified atom stereocenters. The number of aromatic nitrogens is 3. The van der Waals surface area contributed by atoms with Crippen molar-refractivity contribution in [3.05, 3.63) is 5.82 Å². The molecule has 0 radical (unpaired) electrons. The van der Waals surface area contributed by atoms with Gasteiger partial charge in [0, 0.05) is 31.3 Å². The largest absolute Gasteiger partial charge is 0.313 e. The third-order valence-corrected chi connectivity index (χ3v) is 5.05. The molecule has 0 saturated carbocycles. The van der Waals surface area contributed by atoms with Crippen LogP contribution in [-0.4, -0.2) is 33.1 Å². The minimum Gasteiger partial charge on any atom is -0.313 e. The maximum absolute atomic E-state index is 4.36. The highest BCUT2D eigenvalue weighted by molar-refractivity contribution is 7.99. The first-order chi connectivity index (χ1) is 10.2. The van der Waals surface area contributed by atoms with E-state index in [9.17, 15) is 0 Å². The van der Waals surface area contributed by atoms with Crippen LogP contribution >= 0.6 is 11.8 Å². The van der Waals surface area contributed by atoms with Crippen LogP contribution in [-0.2, 0) is 13.0 Å². The van der Waals surface area contributed by atoms with Gasteiger partial charge < -0.3 is 9.88 Å². The molecule has 1 aliphatic heterocycles. The molecule has 0 aliphatic carbocycles. The Morgan fingerprint density at radius 1 is 1.14 bits per heavy atom. The summed E-state index contributed by atoms with van der Waals surface area (Å²) < 4.78 is 2.33. The Hall–Kier alpha value is -0.550. The van der Waals surface area contributed by atoms with Crippen LogP contribution in [0.25, 0.3) is 0 Å².